The van der Waals surface area contributed by atoms with Crippen molar-refractivity contribution >= 4 is 11.6 Å². The average Bonchev–Trinajstić information content (AvgIpc) is 2.53. The zero-order chi connectivity index (χ0) is 14.8. The van der Waals surface area contributed by atoms with E-state index in [1.165, 1.54) is 5.56 Å². The third kappa shape index (κ3) is 2.64. The van der Waals surface area contributed by atoms with Crippen LogP contribution < -0.4 is 10.1 Å². The van der Waals surface area contributed by atoms with Crippen molar-refractivity contribution in [3.8, 4) is 5.75 Å². The van der Waals surface area contributed by atoms with Gasteiger partial charge < -0.3 is 15.2 Å². The summed E-state index contributed by atoms with van der Waals surface area (Å²) < 4.78 is 5.35. The highest BCUT2D eigenvalue weighted by molar-refractivity contribution is 6.31. The fraction of sp³-hybridized carbons (Fsp3) is 0.294. The van der Waals surface area contributed by atoms with E-state index < -0.39 is 6.10 Å². The number of rotatable bonds is 3. The van der Waals surface area contributed by atoms with E-state index in [9.17, 15) is 5.11 Å². The summed E-state index contributed by atoms with van der Waals surface area (Å²) in [5.74, 6) is 0.611. The molecule has 3 rings (SSSR count). The molecule has 2 atom stereocenters. The third-order valence-electron chi connectivity index (χ3n) is 3.99. The van der Waals surface area contributed by atoms with Crippen LogP contribution >= 0.6 is 11.6 Å². The molecule has 0 aromatic heterocycles. The lowest BCUT2D eigenvalue weighted by molar-refractivity contribution is 0.122. The van der Waals surface area contributed by atoms with Crippen LogP contribution in [0.4, 0.5) is 0 Å². The van der Waals surface area contributed by atoms with E-state index in [0.717, 1.165) is 18.5 Å². The van der Waals surface area contributed by atoms with Crippen molar-refractivity contribution < 1.29 is 9.84 Å². The lowest BCUT2D eigenvalue weighted by Crippen LogP contribution is -2.34. The zero-order valence-electron chi connectivity index (χ0n) is 11.8. The summed E-state index contributed by atoms with van der Waals surface area (Å²) in [4.78, 5) is 0. The fourth-order valence-corrected chi connectivity index (χ4v) is 3.25. The maximum absolute atomic E-state index is 10.9. The number of nitrogens with one attached hydrogen (secondary N) is 1. The number of methoxy groups -OCH3 is 1. The molecule has 0 fully saturated rings. The lowest BCUT2D eigenvalue weighted by Gasteiger charge is -2.31. The summed E-state index contributed by atoms with van der Waals surface area (Å²) in [6, 6.07) is 13.4. The van der Waals surface area contributed by atoms with Crippen LogP contribution in [0.2, 0.25) is 5.02 Å². The monoisotopic (exact) mass is 303 g/mol. The number of aliphatic hydroxyl groups is 1. The molecule has 0 saturated carbocycles. The Morgan fingerprint density at radius 2 is 2.05 bits per heavy atom. The molecule has 1 heterocycles. The van der Waals surface area contributed by atoms with E-state index >= 15 is 0 Å². The molecule has 110 valence electrons. The SMILES string of the molecule is COc1cccc(Cl)c1C(O)C1NCCc2ccccc21. The third-order valence-corrected chi connectivity index (χ3v) is 4.32. The van der Waals surface area contributed by atoms with E-state index in [1.807, 2.05) is 24.3 Å². The minimum Gasteiger partial charge on any atom is -0.496 e. The Bertz CT molecular complexity index is 644. The van der Waals surface area contributed by atoms with Crippen molar-refractivity contribution in [2.75, 3.05) is 13.7 Å². The molecule has 2 aromatic rings. The molecule has 0 saturated heterocycles. The predicted octanol–water partition coefficient (Wildman–Crippen LogP) is 3.27. The Balaban J connectivity index is 2.03. The van der Waals surface area contributed by atoms with Crippen LogP contribution in [0.3, 0.4) is 0 Å². The molecule has 1 aliphatic rings. The first-order valence-electron chi connectivity index (χ1n) is 7.04. The summed E-state index contributed by atoms with van der Waals surface area (Å²) in [6.45, 7) is 0.839. The number of hydrogen-bond acceptors (Lipinski definition) is 3. The van der Waals surface area contributed by atoms with Crippen molar-refractivity contribution in [1.29, 1.82) is 0 Å². The minimum absolute atomic E-state index is 0.177. The number of ether oxygens (including phenoxy) is 1. The van der Waals surface area contributed by atoms with Gasteiger partial charge in [0, 0.05) is 5.56 Å². The molecule has 1 aliphatic heterocycles. The average molecular weight is 304 g/mol. The second kappa shape index (κ2) is 6.06. The molecular formula is C17H18ClNO2. The Morgan fingerprint density at radius 3 is 2.86 bits per heavy atom. The molecule has 0 amide bonds. The van der Waals surface area contributed by atoms with E-state index in [4.69, 9.17) is 16.3 Å². The zero-order valence-corrected chi connectivity index (χ0v) is 12.6. The molecular weight excluding hydrogens is 286 g/mol. The smallest absolute Gasteiger partial charge is 0.126 e. The summed E-state index contributed by atoms with van der Waals surface area (Å²) in [5, 5.41) is 14.8. The second-order valence-electron chi connectivity index (χ2n) is 5.18. The topological polar surface area (TPSA) is 41.5 Å². The van der Waals surface area contributed by atoms with Crippen molar-refractivity contribution in [3.63, 3.8) is 0 Å². The van der Waals surface area contributed by atoms with Crippen molar-refractivity contribution in [2.45, 2.75) is 18.6 Å². The van der Waals surface area contributed by atoms with Crippen LogP contribution in [0.25, 0.3) is 0 Å². The summed E-state index contributed by atoms with van der Waals surface area (Å²) in [6.07, 6.45) is 0.217. The molecule has 2 unspecified atom stereocenters. The standard InChI is InChI=1S/C17H18ClNO2/c1-21-14-8-4-7-13(18)15(14)17(20)16-12-6-3-2-5-11(12)9-10-19-16/h2-8,16-17,19-20H,9-10H2,1H3. The van der Waals surface area contributed by atoms with E-state index in [1.54, 1.807) is 13.2 Å². The van der Waals surface area contributed by atoms with Gasteiger partial charge in [-0.1, -0.05) is 41.9 Å². The van der Waals surface area contributed by atoms with Crippen molar-refractivity contribution in [3.05, 3.63) is 64.2 Å². The highest BCUT2D eigenvalue weighted by Crippen LogP contribution is 2.40. The predicted molar refractivity (Wildman–Crippen MR) is 83.9 cm³/mol. The van der Waals surface area contributed by atoms with Gasteiger partial charge >= 0.3 is 0 Å². The van der Waals surface area contributed by atoms with Crippen LogP contribution in [0.1, 0.15) is 28.8 Å². The molecule has 0 radical (unpaired) electrons. The first kappa shape index (κ1) is 14.4. The van der Waals surface area contributed by atoms with Crippen molar-refractivity contribution in [2.24, 2.45) is 0 Å². The summed E-state index contributed by atoms with van der Waals surface area (Å²) in [7, 11) is 1.59. The molecule has 2 aromatic carbocycles. The molecule has 2 N–H and O–H groups in total. The van der Waals surface area contributed by atoms with Crippen LogP contribution in [-0.4, -0.2) is 18.8 Å². The molecule has 0 spiro atoms. The van der Waals surface area contributed by atoms with E-state index in [-0.39, 0.29) is 6.04 Å². The molecule has 0 bridgehead atoms. The van der Waals surface area contributed by atoms with Gasteiger partial charge in [-0.05, 0) is 36.2 Å². The second-order valence-corrected chi connectivity index (χ2v) is 5.59. The first-order chi connectivity index (χ1) is 10.2. The maximum Gasteiger partial charge on any atom is 0.126 e. The summed E-state index contributed by atoms with van der Waals surface area (Å²) in [5.41, 5.74) is 3.03. The Hall–Kier alpha value is -1.55. The summed E-state index contributed by atoms with van der Waals surface area (Å²) >= 11 is 6.28. The van der Waals surface area contributed by atoms with Gasteiger partial charge in [0.05, 0.1) is 18.2 Å². The first-order valence-corrected chi connectivity index (χ1v) is 7.42. The number of benzene rings is 2. The maximum atomic E-state index is 10.9. The van der Waals surface area contributed by atoms with Gasteiger partial charge in [0.1, 0.15) is 11.9 Å². The molecule has 21 heavy (non-hydrogen) atoms. The fourth-order valence-electron chi connectivity index (χ4n) is 2.97. The Morgan fingerprint density at radius 1 is 1.24 bits per heavy atom. The Labute approximate surface area is 129 Å². The van der Waals surface area contributed by atoms with Crippen molar-refractivity contribution in [1.82, 2.24) is 5.32 Å². The van der Waals surface area contributed by atoms with Crippen LogP contribution in [0.5, 0.6) is 5.75 Å². The molecule has 0 aliphatic carbocycles. The molecule has 3 nitrogen and oxygen atoms in total. The molecule has 4 heteroatoms. The highest BCUT2D eigenvalue weighted by Gasteiger charge is 2.30. The van der Waals surface area contributed by atoms with Gasteiger partial charge in [-0.2, -0.15) is 0 Å². The number of aliphatic hydroxyl groups excluding tert-OH is 1. The van der Waals surface area contributed by atoms with Gasteiger partial charge in [-0.25, -0.2) is 0 Å². The van der Waals surface area contributed by atoms with E-state index in [2.05, 4.69) is 17.4 Å². The minimum atomic E-state index is -0.755. The quantitative estimate of drug-likeness (QED) is 0.914. The highest BCUT2D eigenvalue weighted by atomic mass is 35.5. The lowest BCUT2D eigenvalue weighted by atomic mass is 9.88. The van der Waals surface area contributed by atoms with E-state index in [0.29, 0.717) is 16.3 Å². The normalized spacial score (nSPS) is 18.9. The van der Waals surface area contributed by atoms with Gasteiger partial charge in [-0.3, -0.25) is 0 Å². The van der Waals surface area contributed by atoms with Crippen LogP contribution in [0.15, 0.2) is 42.5 Å². The number of fused-ring (bicyclic) bond motifs is 1. The van der Waals surface area contributed by atoms with Gasteiger partial charge in [-0.15, -0.1) is 0 Å². The number of hydrogen-bond donors (Lipinski definition) is 2. The largest absolute Gasteiger partial charge is 0.496 e. The van der Waals surface area contributed by atoms with Gasteiger partial charge in [0.25, 0.3) is 0 Å². The van der Waals surface area contributed by atoms with Gasteiger partial charge in [0.15, 0.2) is 0 Å². The van der Waals surface area contributed by atoms with Gasteiger partial charge in [0.2, 0.25) is 0 Å². The Kier molecular flexibility index (Phi) is 4.15. The van der Waals surface area contributed by atoms with Crippen LogP contribution in [-0.2, 0) is 6.42 Å². The number of halogens is 1. The van der Waals surface area contributed by atoms with Crippen LogP contribution in [0, 0.1) is 0 Å².